The van der Waals surface area contributed by atoms with Crippen molar-refractivity contribution in [2.45, 2.75) is 44.1 Å². The molecule has 2 N–H and O–H groups in total. The molecule has 0 saturated heterocycles. The molecule has 1 aromatic heterocycles. The maximum absolute atomic E-state index is 12.3. The van der Waals surface area contributed by atoms with E-state index in [4.69, 9.17) is 9.47 Å². The number of benzene rings is 1. The Kier molecular flexibility index (Phi) is 6.39. The highest BCUT2D eigenvalue weighted by atomic mass is 32.1. The Morgan fingerprint density at radius 2 is 1.85 bits per heavy atom. The van der Waals surface area contributed by atoms with Crippen LogP contribution in [0.15, 0.2) is 36.4 Å². The number of aliphatic hydroxyl groups is 1. The molecule has 1 amide bonds. The zero-order valence-electron chi connectivity index (χ0n) is 15.9. The number of hydrogen-bond acceptors (Lipinski definition) is 5. The fraction of sp³-hybridized carbons (Fsp3) is 0.476. The van der Waals surface area contributed by atoms with Crippen LogP contribution in [-0.2, 0) is 10.2 Å². The second kappa shape index (κ2) is 8.76. The molecule has 6 heteroatoms. The van der Waals surface area contributed by atoms with Crippen molar-refractivity contribution in [3.8, 4) is 11.5 Å². The SMILES string of the molecule is COc1ccc(OCC(=O)NCC2(c3ccc(C(C)O)s3)CCCC2)cc1. The third-order valence-electron chi connectivity index (χ3n) is 5.18. The first-order valence-corrected chi connectivity index (χ1v) is 10.2. The number of amides is 1. The summed E-state index contributed by atoms with van der Waals surface area (Å²) in [6.45, 7) is 2.39. The van der Waals surface area contributed by atoms with Gasteiger partial charge < -0.3 is 19.9 Å². The Morgan fingerprint density at radius 1 is 1.19 bits per heavy atom. The predicted octanol–water partition coefficient (Wildman–Crippen LogP) is 3.82. The summed E-state index contributed by atoms with van der Waals surface area (Å²) in [5.41, 5.74) is -0.0203. The highest BCUT2D eigenvalue weighted by Gasteiger charge is 2.37. The zero-order chi connectivity index (χ0) is 19.3. The number of methoxy groups -OCH3 is 1. The molecule has 1 fully saturated rings. The average Bonchev–Trinajstić information content (AvgIpc) is 3.35. The van der Waals surface area contributed by atoms with Crippen LogP contribution >= 0.6 is 11.3 Å². The summed E-state index contributed by atoms with van der Waals surface area (Å²) in [5.74, 6) is 1.27. The third kappa shape index (κ3) is 4.82. The lowest BCUT2D eigenvalue weighted by atomic mass is 9.84. The van der Waals surface area contributed by atoms with E-state index >= 15 is 0 Å². The molecule has 1 atom stereocenters. The molecule has 5 nitrogen and oxygen atoms in total. The average molecular weight is 390 g/mol. The zero-order valence-corrected chi connectivity index (χ0v) is 16.7. The van der Waals surface area contributed by atoms with E-state index in [1.165, 1.54) is 17.7 Å². The summed E-state index contributed by atoms with van der Waals surface area (Å²) >= 11 is 1.66. The van der Waals surface area contributed by atoms with E-state index in [1.54, 1.807) is 49.6 Å². The number of nitrogens with one attached hydrogen (secondary N) is 1. The molecule has 3 rings (SSSR count). The maximum Gasteiger partial charge on any atom is 0.257 e. The van der Waals surface area contributed by atoms with Gasteiger partial charge in [-0.25, -0.2) is 0 Å². The maximum atomic E-state index is 12.3. The largest absolute Gasteiger partial charge is 0.497 e. The number of aliphatic hydroxyl groups excluding tert-OH is 1. The summed E-state index contributed by atoms with van der Waals surface area (Å²) in [6.07, 6.45) is 4.01. The lowest BCUT2D eigenvalue weighted by molar-refractivity contribution is -0.123. The molecule has 1 aliphatic carbocycles. The van der Waals surface area contributed by atoms with E-state index in [2.05, 4.69) is 11.4 Å². The molecule has 1 heterocycles. The third-order valence-corrected chi connectivity index (χ3v) is 6.68. The van der Waals surface area contributed by atoms with Gasteiger partial charge in [-0.15, -0.1) is 11.3 Å². The van der Waals surface area contributed by atoms with Crippen LogP contribution in [0.4, 0.5) is 0 Å². The van der Waals surface area contributed by atoms with Gasteiger partial charge in [0.05, 0.1) is 13.2 Å². The van der Waals surface area contributed by atoms with Gasteiger partial charge in [0.2, 0.25) is 0 Å². The second-order valence-electron chi connectivity index (χ2n) is 7.11. The van der Waals surface area contributed by atoms with Gasteiger partial charge >= 0.3 is 0 Å². The molecular formula is C21H27NO4S. The number of ether oxygens (including phenoxy) is 2. The summed E-state index contributed by atoms with van der Waals surface area (Å²) < 4.78 is 10.7. The molecule has 0 aliphatic heterocycles. The molecule has 0 radical (unpaired) electrons. The Labute approximate surface area is 164 Å². The summed E-state index contributed by atoms with van der Waals surface area (Å²) in [6, 6.07) is 11.3. The Morgan fingerprint density at radius 3 is 2.44 bits per heavy atom. The van der Waals surface area contributed by atoms with Gasteiger partial charge in [-0.05, 0) is 56.2 Å². The molecule has 146 valence electrons. The fourth-order valence-electron chi connectivity index (χ4n) is 3.56. The first-order chi connectivity index (χ1) is 13.0. The topological polar surface area (TPSA) is 67.8 Å². The lowest BCUT2D eigenvalue weighted by Crippen LogP contribution is -2.40. The van der Waals surface area contributed by atoms with Crippen molar-refractivity contribution in [1.29, 1.82) is 0 Å². The van der Waals surface area contributed by atoms with Crippen molar-refractivity contribution in [3.05, 3.63) is 46.2 Å². The van der Waals surface area contributed by atoms with Crippen molar-refractivity contribution < 1.29 is 19.4 Å². The first-order valence-electron chi connectivity index (χ1n) is 9.34. The van der Waals surface area contributed by atoms with Crippen molar-refractivity contribution in [3.63, 3.8) is 0 Å². The smallest absolute Gasteiger partial charge is 0.257 e. The minimum atomic E-state index is -0.449. The van der Waals surface area contributed by atoms with Gasteiger partial charge in [0.15, 0.2) is 6.61 Å². The van der Waals surface area contributed by atoms with Gasteiger partial charge in [-0.2, -0.15) is 0 Å². The fourth-order valence-corrected chi connectivity index (χ4v) is 4.75. The normalized spacial score (nSPS) is 16.7. The number of rotatable bonds is 8. The summed E-state index contributed by atoms with van der Waals surface area (Å²) in [5, 5.41) is 12.9. The van der Waals surface area contributed by atoms with Gasteiger partial charge in [-0.1, -0.05) is 12.8 Å². The molecule has 2 aromatic rings. The number of thiophene rings is 1. The number of hydrogen-bond donors (Lipinski definition) is 2. The molecule has 1 aliphatic rings. The predicted molar refractivity (Wildman–Crippen MR) is 107 cm³/mol. The standard InChI is InChI=1S/C21H27NO4S/c1-15(23)18-9-10-19(27-18)21(11-3-4-12-21)14-22-20(24)13-26-17-7-5-16(25-2)6-8-17/h5-10,15,23H,3-4,11-14H2,1-2H3,(H,22,24). The molecule has 1 aromatic carbocycles. The van der Waals surface area contributed by atoms with E-state index in [1.807, 2.05) is 6.07 Å². The molecule has 1 unspecified atom stereocenters. The molecule has 0 spiro atoms. The molecular weight excluding hydrogens is 362 g/mol. The van der Waals surface area contributed by atoms with Gasteiger partial charge in [-0.3, -0.25) is 4.79 Å². The van der Waals surface area contributed by atoms with Crippen LogP contribution in [0.25, 0.3) is 0 Å². The van der Waals surface area contributed by atoms with E-state index in [-0.39, 0.29) is 17.9 Å². The Hall–Kier alpha value is -2.05. The highest BCUT2D eigenvalue weighted by Crippen LogP contribution is 2.44. The number of carbonyl (C=O) groups excluding carboxylic acids is 1. The van der Waals surface area contributed by atoms with Crippen LogP contribution in [0.2, 0.25) is 0 Å². The lowest BCUT2D eigenvalue weighted by Gasteiger charge is -2.28. The molecule has 1 saturated carbocycles. The molecule has 0 bridgehead atoms. The quantitative estimate of drug-likeness (QED) is 0.720. The monoisotopic (exact) mass is 389 g/mol. The summed E-state index contributed by atoms with van der Waals surface area (Å²) in [7, 11) is 1.61. The Bertz CT molecular complexity index is 748. The summed E-state index contributed by atoms with van der Waals surface area (Å²) in [4.78, 5) is 14.5. The van der Waals surface area contributed by atoms with Gasteiger partial charge in [0.1, 0.15) is 11.5 Å². The highest BCUT2D eigenvalue weighted by molar-refractivity contribution is 7.12. The minimum Gasteiger partial charge on any atom is -0.497 e. The van der Waals surface area contributed by atoms with Crippen LogP contribution < -0.4 is 14.8 Å². The minimum absolute atomic E-state index is 0.00816. The second-order valence-corrected chi connectivity index (χ2v) is 8.22. The number of carbonyl (C=O) groups is 1. The van der Waals surface area contributed by atoms with Crippen LogP contribution in [-0.4, -0.2) is 31.3 Å². The van der Waals surface area contributed by atoms with Crippen molar-refractivity contribution >= 4 is 17.2 Å². The van der Waals surface area contributed by atoms with Crippen molar-refractivity contribution in [2.24, 2.45) is 0 Å². The van der Waals surface area contributed by atoms with Crippen LogP contribution in [0.5, 0.6) is 11.5 Å². The van der Waals surface area contributed by atoms with Crippen LogP contribution in [0.3, 0.4) is 0 Å². The van der Waals surface area contributed by atoms with E-state index in [9.17, 15) is 9.90 Å². The van der Waals surface area contributed by atoms with E-state index < -0.39 is 6.10 Å². The Balaban J connectivity index is 1.56. The first kappa shape index (κ1) is 19.7. The van der Waals surface area contributed by atoms with E-state index in [0.29, 0.717) is 12.3 Å². The van der Waals surface area contributed by atoms with Gasteiger partial charge in [0.25, 0.3) is 5.91 Å². The van der Waals surface area contributed by atoms with Crippen molar-refractivity contribution in [2.75, 3.05) is 20.3 Å². The van der Waals surface area contributed by atoms with Crippen molar-refractivity contribution in [1.82, 2.24) is 5.32 Å². The van der Waals surface area contributed by atoms with E-state index in [0.717, 1.165) is 23.5 Å². The van der Waals surface area contributed by atoms with Crippen LogP contribution in [0.1, 0.15) is 48.5 Å². The molecule has 27 heavy (non-hydrogen) atoms. The van der Waals surface area contributed by atoms with Crippen LogP contribution in [0, 0.1) is 0 Å². The van der Waals surface area contributed by atoms with Gasteiger partial charge in [0, 0.05) is 21.7 Å².